The Bertz CT molecular complexity index is 756. The molecule has 4 fully saturated rings. The molecular formula is C46H88N2. The van der Waals surface area contributed by atoms with Gasteiger partial charge in [0.25, 0.3) is 0 Å². The highest BCUT2D eigenvalue weighted by molar-refractivity contribution is 4.97. The number of nitrogens with zero attached hydrogens (tertiary/aromatic N) is 2. The second kappa shape index (κ2) is 19.1. The molecule has 0 heterocycles. The molecule has 2 heteroatoms. The summed E-state index contributed by atoms with van der Waals surface area (Å²) in [6.07, 6.45) is 23.1. The molecule has 0 saturated heterocycles. The summed E-state index contributed by atoms with van der Waals surface area (Å²) in [5.74, 6) is 10.4. The topological polar surface area (TPSA) is 6.48 Å². The predicted octanol–water partition coefficient (Wildman–Crippen LogP) is 13.0. The highest BCUT2D eigenvalue weighted by atomic mass is 15.2. The van der Waals surface area contributed by atoms with E-state index in [-0.39, 0.29) is 0 Å². The minimum Gasteiger partial charge on any atom is -0.297 e. The lowest BCUT2D eigenvalue weighted by molar-refractivity contribution is -0.0256. The number of hydrogen-bond donors (Lipinski definition) is 0. The third kappa shape index (κ3) is 10.7. The number of rotatable bonds is 15. The van der Waals surface area contributed by atoms with E-state index in [1.807, 2.05) is 0 Å². The lowest BCUT2D eigenvalue weighted by atomic mass is 9.69. The van der Waals surface area contributed by atoms with E-state index >= 15 is 0 Å². The summed E-state index contributed by atoms with van der Waals surface area (Å²) >= 11 is 0. The van der Waals surface area contributed by atoms with Gasteiger partial charge in [-0.25, -0.2) is 0 Å². The first-order chi connectivity index (χ1) is 22.8. The van der Waals surface area contributed by atoms with Crippen molar-refractivity contribution in [1.29, 1.82) is 0 Å². The molecule has 12 atom stereocenters. The monoisotopic (exact) mass is 669 g/mol. The lowest BCUT2D eigenvalue weighted by Gasteiger charge is -2.52. The normalized spacial score (nSPS) is 38.6. The molecule has 282 valence electrons. The fraction of sp³-hybridized carbons (Fsp3) is 1.00. The Morgan fingerprint density at radius 1 is 0.354 bits per heavy atom. The Hall–Kier alpha value is -0.0800. The second-order valence-corrected chi connectivity index (χ2v) is 20.5. The molecule has 0 aromatic rings. The van der Waals surface area contributed by atoms with Gasteiger partial charge in [-0.05, 0) is 148 Å². The summed E-state index contributed by atoms with van der Waals surface area (Å²) < 4.78 is 0. The van der Waals surface area contributed by atoms with Crippen molar-refractivity contribution < 1.29 is 0 Å². The van der Waals surface area contributed by atoms with Crippen LogP contribution < -0.4 is 0 Å². The van der Waals surface area contributed by atoms with Gasteiger partial charge in [0.15, 0.2) is 0 Å². The molecule has 0 aromatic carbocycles. The third-order valence-corrected chi connectivity index (χ3v) is 15.2. The number of hydrogen-bond acceptors (Lipinski definition) is 2. The van der Waals surface area contributed by atoms with Crippen molar-refractivity contribution in [3.05, 3.63) is 0 Å². The van der Waals surface area contributed by atoms with Crippen LogP contribution in [0, 0.1) is 71.0 Å². The molecule has 4 saturated carbocycles. The van der Waals surface area contributed by atoms with E-state index in [1.54, 1.807) is 0 Å². The van der Waals surface area contributed by atoms with Gasteiger partial charge in [-0.1, -0.05) is 122 Å². The molecule has 4 rings (SSSR count). The molecule has 0 radical (unpaired) electrons. The Morgan fingerprint density at radius 2 is 0.583 bits per heavy atom. The quantitative estimate of drug-likeness (QED) is 0.160. The average Bonchev–Trinajstić information content (AvgIpc) is 3.01. The number of unbranched alkanes of at least 4 members (excludes halogenated alkanes) is 3. The summed E-state index contributed by atoms with van der Waals surface area (Å²) in [4.78, 5) is 6.39. The zero-order valence-corrected chi connectivity index (χ0v) is 34.9. The largest absolute Gasteiger partial charge is 0.297 e. The van der Waals surface area contributed by atoms with E-state index in [4.69, 9.17) is 0 Å². The van der Waals surface area contributed by atoms with Crippen molar-refractivity contribution in [2.24, 2.45) is 71.0 Å². The molecule has 0 aromatic heterocycles. The van der Waals surface area contributed by atoms with E-state index < -0.39 is 0 Å². The van der Waals surface area contributed by atoms with Crippen LogP contribution in [-0.4, -0.2) is 47.1 Å². The zero-order valence-electron chi connectivity index (χ0n) is 34.9. The standard InChI is InChI=1S/C46H88N2/c1-31(2)39-21-17-35(9)27-43(39)47(44-28-36(10)18-22-40(44)32(3)4)25-15-13-14-16-26-48(45-29-37(11)19-23-41(45)33(5)6)46-30-38(12)20-24-42(46)34(7)8/h31-46H,13-30H2,1-12H3. The van der Waals surface area contributed by atoms with Crippen molar-refractivity contribution in [2.45, 2.75) is 210 Å². The molecule has 0 N–H and O–H groups in total. The zero-order chi connectivity index (χ0) is 35.1. The summed E-state index contributed by atoms with van der Waals surface area (Å²) in [6, 6.07) is 3.23. The summed E-state index contributed by atoms with van der Waals surface area (Å²) in [7, 11) is 0. The summed E-state index contributed by atoms with van der Waals surface area (Å²) in [5.41, 5.74) is 0. The van der Waals surface area contributed by atoms with Gasteiger partial charge in [0.05, 0.1) is 0 Å². The van der Waals surface area contributed by atoms with Crippen molar-refractivity contribution >= 4 is 0 Å². The van der Waals surface area contributed by atoms with Crippen molar-refractivity contribution in [3.63, 3.8) is 0 Å². The molecule has 48 heavy (non-hydrogen) atoms. The van der Waals surface area contributed by atoms with Crippen LogP contribution >= 0.6 is 0 Å². The van der Waals surface area contributed by atoms with Crippen LogP contribution in [0.5, 0.6) is 0 Å². The van der Waals surface area contributed by atoms with Crippen LogP contribution in [0.4, 0.5) is 0 Å². The van der Waals surface area contributed by atoms with Crippen LogP contribution in [-0.2, 0) is 0 Å². The first-order valence-corrected chi connectivity index (χ1v) is 22.3. The van der Waals surface area contributed by atoms with E-state index in [9.17, 15) is 0 Å². The van der Waals surface area contributed by atoms with Crippen LogP contribution in [0.2, 0.25) is 0 Å². The van der Waals surface area contributed by atoms with E-state index in [1.165, 1.54) is 116 Å². The Balaban J connectivity index is 1.45. The highest BCUT2D eigenvalue weighted by Gasteiger charge is 2.43. The van der Waals surface area contributed by atoms with Crippen LogP contribution in [0.3, 0.4) is 0 Å². The molecule has 2 nitrogen and oxygen atoms in total. The van der Waals surface area contributed by atoms with Crippen LogP contribution in [0.1, 0.15) is 186 Å². The van der Waals surface area contributed by atoms with Crippen LogP contribution in [0.25, 0.3) is 0 Å². The van der Waals surface area contributed by atoms with E-state index in [2.05, 4.69) is 92.9 Å². The smallest absolute Gasteiger partial charge is 0.0131 e. The van der Waals surface area contributed by atoms with Gasteiger partial charge in [0.1, 0.15) is 0 Å². The van der Waals surface area contributed by atoms with Gasteiger partial charge >= 0.3 is 0 Å². The summed E-state index contributed by atoms with van der Waals surface area (Å²) in [5, 5.41) is 0. The van der Waals surface area contributed by atoms with Gasteiger partial charge in [0.2, 0.25) is 0 Å². The third-order valence-electron chi connectivity index (χ3n) is 15.2. The van der Waals surface area contributed by atoms with Crippen molar-refractivity contribution in [2.75, 3.05) is 13.1 Å². The van der Waals surface area contributed by atoms with Crippen molar-refractivity contribution in [1.82, 2.24) is 9.80 Å². The maximum absolute atomic E-state index is 3.19. The van der Waals surface area contributed by atoms with Gasteiger partial charge in [-0.15, -0.1) is 0 Å². The first kappa shape index (κ1) is 40.7. The van der Waals surface area contributed by atoms with Gasteiger partial charge in [-0.2, -0.15) is 0 Å². The molecule has 0 amide bonds. The SMILES string of the molecule is CC1CCC(C(C)C)C(N(CCCCCCN(C2CC(C)CCC2C(C)C)C2CC(C)CCC2C(C)C)C2CC(C)CCC2C(C)C)C1. The van der Waals surface area contributed by atoms with Gasteiger partial charge in [0, 0.05) is 24.2 Å². The fourth-order valence-electron chi connectivity index (χ4n) is 12.2. The minimum absolute atomic E-state index is 0.809. The van der Waals surface area contributed by atoms with Crippen LogP contribution in [0.15, 0.2) is 0 Å². The average molecular weight is 669 g/mol. The molecule has 0 aliphatic heterocycles. The molecule has 12 unspecified atom stereocenters. The second-order valence-electron chi connectivity index (χ2n) is 20.5. The molecular weight excluding hydrogens is 581 g/mol. The fourth-order valence-corrected chi connectivity index (χ4v) is 12.2. The lowest BCUT2D eigenvalue weighted by Crippen LogP contribution is -2.55. The summed E-state index contributed by atoms with van der Waals surface area (Å²) in [6.45, 7) is 33.2. The predicted molar refractivity (Wildman–Crippen MR) is 212 cm³/mol. The van der Waals surface area contributed by atoms with E-state index in [0.29, 0.717) is 0 Å². The molecule has 4 aliphatic rings. The maximum atomic E-state index is 3.19. The van der Waals surface area contributed by atoms with E-state index in [0.717, 1.165) is 95.2 Å². The van der Waals surface area contributed by atoms with Gasteiger partial charge in [-0.3, -0.25) is 9.80 Å². The Kier molecular flexibility index (Phi) is 16.2. The Morgan fingerprint density at radius 3 is 0.792 bits per heavy atom. The first-order valence-electron chi connectivity index (χ1n) is 22.3. The maximum Gasteiger partial charge on any atom is 0.0131 e. The molecule has 4 aliphatic carbocycles. The highest BCUT2D eigenvalue weighted by Crippen LogP contribution is 2.45. The van der Waals surface area contributed by atoms with Crippen molar-refractivity contribution in [3.8, 4) is 0 Å². The minimum atomic E-state index is 0.809. The van der Waals surface area contributed by atoms with Gasteiger partial charge < -0.3 is 0 Å². The Labute approximate surface area is 303 Å². The molecule has 0 bridgehead atoms. The molecule has 0 spiro atoms.